The Morgan fingerprint density at radius 1 is 1.53 bits per heavy atom. The third-order valence-corrected chi connectivity index (χ3v) is 3.05. The molecule has 4 nitrogen and oxygen atoms in total. The van der Waals surface area contributed by atoms with Crippen LogP contribution in [0.3, 0.4) is 0 Å². The molecule has 84 valence electrons. The first-order valence-electron chi connectivity index (χ1n) is 5.64. The van der Waals surface area contributed by atoms with Gasteiger partial charge in [-0.15, -0.1) is 0 Å². The summed E-state index contributed by atoms with van der Waals surface area (Å²) in [5.41, 5.74) is 7.29. The van der Waals surface area contributed by atoms with Crippen LogP contribution in [0.25, 0.3) is 0 Å². The number of nitrogens with zero attached hydrogens (tertiary/aromatic N) is 2. The van der Waals surface area contributed by atoms with Gasteiger partial charge < -0.3 is 10.5 Å². The molecule has 0 aromatic carbocycles. The van der Waals surface area contributed by atoms with E-state index >= 15 is 0 Å². The molecule has 0 atom stereocenters. The molecule has 1 aliphatic rings. The van der Waals surface area contributed by atoms with Crippen LogP contribution in [0.4, 0.5) is 0 Å². The number of aromatic nitrogens is 2. The monoisotopic (exact) mass is 209 g/mol. The fourth-order valence-electron chi connectivity index (χ4n) is 2.00. The van der Waals surface area contributed by atoms with E-state index in [9.17, 15) is 0 Å². The number of ether oxygens (including phenoxy) is 1. The summed E-state index contributed by atoms with van der Waals surface area (Å²) in [5.74, 6) is 0. The van der Waals surface area contributed by atoms with E-state index in [1.165, 1.54) is 0 Å². The van der Waals surface area contributed by atoms with Gasteiger partial charge in [-0.3, -0.25) is 4.68 Å². The molecule has 0 amide bonds. The van der Waals surface area contributed by atoms with Gasteiger partial charge in [-0.25, -0.2) is 0 Å². The summed E-state index contributed by atoms with van der Waals surface area (Å²) in [7, 11) is 0. The second kappa shape index (κ2) is 4.33. The summed E-state index contributed by atoms with van der Waals surface area (Å²) in [6.07, 6.45) is 6.87. The second-order valence-electron chi connectivity index (χ2n) is 4.26. The Balaban J connectivity index is 2.12. The second-order valence-corrected chi connectivity index (χ2v) is 4.26. The first-order valence-corrected chi connectivity index (χ1v) is 5.64. The zero-order chi connectivity index (χ0) is 10.7. The van der Waals surface area contributed by atoms with Crippen LogP contribution in [0.1, 0.15) is 31.7 Å². The van der Waals surface area contributed by atoms with Gasteiger partial charge in [0.15, 0.2) is 0 Å². The van der Waals surface area contributed by atoms with Crippen LogP contribution in [-0.2, 0) is 16.8 Å². The molecule has 0 spiro atoms. The lowest BCUT2D eigenvalue weighted by molar-refractivity contribution is 0.0522. The average molecular weight is 209 g/mol. The maximum atomic E-state index is 6.36. The fourth-order valence-corrected chi connectivity index (χ4v) is 2.00. The topological polar surface area (TPSA) is 53.1 Å². The van der Waals surface area contributed by atoms with Crippen molar-refractivity contribution < 1.29 is 4.74 Å². The van der Waals surface area contributed by atoms with Crippen molar-refractivity contribution in [2.75, 3.05) is 13.2 Å². The van der Waals surface area contributed by atoms with E-state index < -0.39 is 0 Å². The standard InChI is InChI=1S/C11H19N3O/c1-2-5-14-9-10(8-13-14)11(12)3-6-15-7-4-11/h8-9H,2-7,12H2,1H3. The van der Waals surface area contributed by atoms with Gasteiger partial charge in [0, 0.05) is 37.1 Å². The largest absolute Gasteiger partial charge is 0.381 e. The molecule has 15 heavy (non-hydrogen) atoms. The zero-order valence-corrected chi connectivity index (χ0v) is 9.28. The predicted molar refractivity (Wildman–Crippen MR) is 58.4 cm³/mol. The molecule has 0 bridgehead atoms. The van der Waals surface area contributed by atoms with Gasteiger partial charge >= 0.3 is 0 Å². The van der Waals surface area contributed by atoms with Gasteiger partial charge in [-0.2, -0.15) is 5.10 Å². The molecular weight excluding hydrogens is 190 g/mol. The number of rotatable bonds is 3. The maximum Gasteiger partial charge on any atom is 0.0540 e. The lowest BCUT2D eigenvalue weighted by Gasteiger charge is -2.32. The first-order chi connectivity index (χ1) is 7.24. The van der Waals surface area contributed by atoms with E-state index in [1.807, 2.05) is 10.9 Å². The number of aryl methyl sites for hydroxylation is 1. The third-order valence-electron chi connectivity index (χ3n) is 3.05. The Hall–Kier alpha value is -0.870. The van der Waals surface area contributed by atoms with Crippen molar-refractivity contribution in [2.24, 2.45) is 5.73 Å². The number of hydrogen-bond acceptors (Lipinski definition) is 3. The Kier molecular flexibility index (Phi) is 3.07. The normalized spacial score (nSPS) is 20.4. The molecule has 2 rings (SSSR count). The summed E-state index contributed by atoms with van der Waals surface area (Å²) >= 11 is 0. The minimum atomic E-state index is -0.218. The summed E-state index contributed by atoms with van der Waals surface area (Å²) in [6, 6.07) is 0. The fraction of sp³-hybridized carbons (Fsp3) is 0.727. The highest BCUT2D eigenvalue weighted by molar-refractivity contribution is 5.18. The van der Waals surface area contributed by atoms with E-state index in [1.54, 1.807) is 0 Å². The summed E-state index contributed by atoms with van der Waals surface area (Å²) in [5, 5.41) is 4.32. The smallest absolute Gasteiger partial charge is 0.0540 e. The SMILES string of the molecule is CCCn1cc(C2(N)CCOCC2)cn1. The molecule has 1 saturated heterocycles. The van der Waals surface area contributed by atoms with Gasteiger partial charge in [0.25, 0.3) is 0 Å². The Morgan fingerprint density at radius 3 is 2.93 bits per heavy atom. The average Bonchev–Trinajstić information content (AvgIpc) is 2.69. The quantitative estimate of drug-likeness (QED) is 0.815. The van der Waals surface area contributed by atoms with Crippen LogP contribution >= 0.6 is 0 Å². The molecule has 1 aromatic heterocycles. The van der Waals surface area contributed by atoms with E-state index in [0.29, 0.717) is 0 Å². The van der Waals surface area contributed by atoms with Gasteiger partial charge in [0.2, 0.25) is 0 Å². The molecule has 1 fully saturated rings. The Morgan fingerprint density at radius 2 is 2.27 bits per heavy atom. The Bertz CT molecular complexity index is 315. The van der Waals surface area contributed by atoms with Crippen LogP contribution in [0, 0.1) is 0 Å². The minimum Gasteiger partial charge on any atom is -0.381 e. The third kappa shape index (κ3) is 2.21. The summed E-state index contributed by atoms with van der Waals surface area (Å²) in [6.45, 7) is 4.63. The highest BCUT2D eigenvalue weighted by Gasteiger charge is 2.31. The molecule has 0 unspecified atom stereocenters. The Labute approximate surface area is 90.4 Å². The van der Waals surface area contributed by atoms with Crippen molar-refractivity contribution in [3.63, 3.8) is 0 Å². The lowest BCUT2D eigenvalue weighted by atomic mass is 9.86. The molecule has 0 radical (unpaired) electrons. The van der Waals surface area contributed by atoms with Gasteiger partial charge in [-0.1, -0.05) is 6.92 Å². The van der Waals surface area contributed by atoms with Crippen molar-refractivity contribution >= 4 is 0 Å². The molecule has 0 saturated carbocycles. The van der Waals surface area contributed by atoms with E-state index in [0.717, 1.165) is 44.6 Å². The van der Waals surface area contributed by atoms with E-state index in [-0.39, 0.29) is 5.54 Å². The van der Waals surface area contributed by atoms with Crippen molar-refractivity contribution in [3.05, 3.63) is 18.0 Å². The van der Waals surface area contributed by atoms with Gasteiger partial charge in [0.1, 0.15) is 0 Å². The minimum absolute atomic E-state index is 0.218. The van der Waals surface area contributed by atoms with Crippen LogP contribution in [0.15, 0.2) is 12.4 Å². The van der Waals surface area contributed by atoms with E-state index in [4.69, 9.17) is 10.5 Å². The highest BCUT2D eigenvalue weighted by Crippen LogP contribution is 2.28. The van der Waals surface area contributed by atoms with E-state index in [2.05, 4.69) is 18.2 Å². The van der Waals surface area contributed by atoms with Crippen LogP contribution in [0.2, 0.25) is 0 Å². The maximum absolute atomic E-state index is 6.36. The number of nitrogens with two attached hydrogens (primary N) is 1. The van der Waals surface area contributed by atoms with Crippen molar-refractivity contribution in [3.8, 4) is 0 Å². The lowest BCUT2D eigenvalue weighted by Crippen LogP contribution is -2.41. The van der Waals surface area contributed by atoms with Crippen LogP contribution < -0.4 is 5.73 Å². The highest BCUT2D eigenvalue weighted by atomic mass is 16.5. The molecule has 2 heterocycles. The zero-order valence-electron chi connectivity index (χ0n) is 9.28. The first kappa shape index (κ1) is 10.6. The summed E-state index contributed by atoms with van der Waals surface area (Å²) < 4.78 is 7.31. The number of hydrogen-bond donors (Lipinski definition) is 1. The molecule has 1 aromatic rings. The van der Waals surface area contributed by atoms with Crippen molar-refractivity contribution in [2.45, 2.75) is 38.3 Å². The van der Waals surface area contributed by atoms with Crippen molar-refractivity contribution in [1.29, 1.82) is 0 Å². The van der Waals surface area contributed by atoms with Gasteiger partial charge in [-0.05, 0) is 19.3 Å². The van der Waals surface area contributed by atoms with Crippen LogP contribution in [-0.4, -0.2) is 23.0 Å². The van der Waals surface area contributed by atoms with Crippen molar-refractivity contribution in [1.82, 2.24) is 9.78 Å². The van der Waals surface area contributed by atoms with Crippen LogP contribution in [0.5, 0.6) is 0 Å². The molecule has 0 aliphatic carbocycles. The molecule has 1 aliphatic heterocycles. The molecule has 2 N–H and O–H groups in total. The summed E-state index contributed by atoms with van der Waals surface area (Å²) in [4.78, 5) is 0. The van der Waals surface area contributed by atoms with Gasteiger partial charge in [0.05, 0.1) is 6.20 Å². The molecular formula is C11H19N3O. The molecule has 4 heteroatoms. The predicted octanol–water partition coefficient (Wildman–Crippen LogP) is 1.26.